The molecule has 1 saturated carbocycles. The number of carbonyl (C=O) groups is 1. The Labute approximate surface area is 200 Å². The number of anilines is 2. The zero-order chi connectivity index (χ0) is 23.8. The Hall–Kier alpha value is -4.11. The lowest BCUT2D eigenvalue weighted by atomic mass is 9.89. The van der Waals surface area contributed by atoms with Crippen molar-refractivity contribution in [2.24, 2.45) is 0 Å². The molecule has 1 aliphatic carbocycles. The van der Waals surface area contributed by atoms with Crippen molar-refractivity contribution in [2.75, 3.05) is 10.2 Å². The number of aromatic nitrogens is 1. The smallest absolute Gasteiger partial charge is 0.322 e. The minimum Gasteiger partial charge on any atom is -0.367 e. The maximum Gasteiger partial charge on any atom is 0.322 e. The highest BCUT2D eigenvalue weighted by atomic mass is 16.2. The van der Waals surface area contributed by atoms with Gasteiger partial charge in [0, 0.05) is 30.5 Å². The first-order valence-corrected chi connectivity index (χ1v) is 11.6. The lowest BCUT2D eigenvalue weighted by Crippen LogP contribution is -2.48. The molecular formula is C28H29N5O. The second-order valence-corrected chi connectivity index (χ2v) is 8.50. The number of nitrogens with one attached hydrogen (secondary N) is 2. The van der Waals surface area contributed by atoms with Crippen molar-refractivity contribution in [1.29, 1.82) is 5.26 Å². The van der Waals surface area contributed by atoms with Crippen LogP contribution in [0, 0.1) is 11.3 Å². The van der Waals surface area contributed by atoms with Crippen LogP contribution in [0.2, 0.25) is 0 Å². The summed E-state index contributed by atoms with van der Waals surface area (Å²) in [7, 11) is 0. The van der Waals surface area contributed by atoms with Crippen LogP contribution in [-0.4, -0.2) is 23.1 Å². The van der Waals surface area contributed by atoms with Crippen molar-refractivity contribution in [3.63, 3.8) is 0 Å². The number of benzene rings is 2. The molecule has 6 heteroatoms. The van der Waals surface area contributed by atoms with Gasteiger partial charge in [0.2, 0.25) is 0 Å². The summed E-state index contributed by atoms with van der Waals surface area (Å²) in [5.74, 6) is 0.778. The van der Waals surface area contributed by atoms with E-state index in [1.165, 1.54) is 0 Å². The van der Waals surface area contributed by atoms with Gasteiger partial charge in [0.05, 0.1) is 5.56 Å². The molecule has 2 amide bonds. The van der Waals surface area contributed by atoms with Crippen molar-refractivity contribution in [3.05, 3.63) is 96.2 Å². The maximum atomic E-state index is 13.3. The van der Waals surface area contributed by atoms with Gasteiger partial charge in [-0.2, -0.15) is 5.26 Å². The van der Waals surface area contributed by atoms with E-state index < -0.39 is 0 Å². The number of urea groups is 1. The molecule has 0 unspecified atom stereocenters. The average molecular weight is 452 g/mol. The standard InChI is InChI=1S/C28H29N5O/c1-2-21-8-13-25(14-9-21)33(28(34)31-19-22-6-4-3-5-7-22)26-15-11-24(12-16-26)32-27-17-10-23(18-29)20-30-27/h2-10,13-14,17,20,24,26H,1,11-12,15-16,19H2,(H,30,32)(H,31,34). The van der Waals surface area contributed by atoms with Gasteiger partial charge >= 0.3 is 6.03 Å². The van der Waals surface area contributed by atoms with Gasteiger partial charge in [0.1, 0.15) is 11.9 Å². The van der Waals surface area contributed by atoms with E-state index in [9.17, 15) is 4.79 Å². The van der Waals surface area contributed by atoms with Crippen molar-refractivity contribution in [1.82, 2.24) is 10.3 Å². The number of nitriles is 1. The molecule has 1 fully saturated rings. The third kappa shape index (κ3) is 5.81. The zero-order valence-corrected chi connectivity index (χ0v) is 19.2. The van der Waals surface area contributed by atoms with Crippen LogP contribution >= 0.6 is 0 Å². The molecule has 34 heavy (non-hydrogen) atoms. The van der Waals surface area contributed by atoms with Crippen LogP contribution in [-0.2, 0) is 6.54 Å². The van der Waals surface area contributed by atoms with Crippen LogP contribution in [0.5, 0.6) is 0 Å². The van der Waals surface area contributed by atoms with Gasteiger partial charge in [-0.3, -0.25) is 4.90 Å². The van der Waals surface area contributed by atoms with E-state index in [1.807, 2.05) is 65.6 Å². The molecule has 0 saturated heterocycles. The number of carbonyl (C=O) groups excluding carboxylic acids is 1. The van der Waals surface area contributed by atoms with E-state index in [-0.39, 0.29) is 18.1 Å². The van der Waals surface area contributed by atoms with E-state index in [0.29, 0.717) is 12.1 Å². The van der Waals surface area contributed by atoms with Crippen molar-refractivity contribution < 1.29 is 4.79 Å². The Kier molecular flexibility index (Phi) is 7.56. The van der Waals surface area contributed by atoms with Gasteiger partial charge in [0.15, 0.2) is 0 Å². The fraction of sp³-hybridized carbons (Fsp3) is 0.250. The first kappa shape index (κ1) is 23.1. The van der Waals surface area contributed by atoms with Crippen molar-refractivity contribution in [3.8, 4) is 6.07 Å². The van der Waals surface area contributed by atoms with E-state index in [1.54, 1.807) is 18.3 Å². The first-order valence-electron chi connectivity index (χ1n) is 11.6. The summed E-state index contributed by atoms with van der Waals surface area (Å²) in [5, 5.41) is 15.5. The Morgan fingerprint density at radius 2 is 1.79 bits per heavy atom. The average Bonchev–Trinajstić information content (AvgIpc) is 2.90. The number of hydrogen-bond donors (Lipinski definition) is 2. The van der Waals surface area contributed by atoms with E-state index in [2.05, 4.69) is 28.3 Å². The zero-order valence-electron chi connectivity index (χ0n) is 19.2. The molecule has 0 atom stereocenters. The molecule has 1 aliphatic rings. The molecule has 172 valence electrons. The summed E-state index contributed by atoms with van der Waals surface area (Å²) in [6.45, 7) is 4.31. The highest BCUT2D eigenvalue weighted by Crippen LogP contribution is 2.29. The van der Waals surface area contributed by atoms with Crippen LogP contribution in [0.1, 0.15) is 42.4 Å². The third-order valence-corrected chi connectivity index (χ3v) is 6.22. The molecule has 3 aromatic rings. The fourth-order valence-electron chi connectivity index (χ4n) is 4.36. The minimum absolute atomic E-state index is 0.0830. The van der Waals surface area contributed by atoms with E-state index in [4.69, 9.17) is 5.26 Å². The largest absolute Gasteiger partial charge is 0.367 e. The molecule has 2 aromatic carbocycles. The number of nitrogens with zero attached hydrogens (tertiary/aromatic N) is 3. The van der Waals surface area contributed by atoms with Crippen LogP contribution in [0.15, 0.2) is 79.5 Å². The first-order chi connectivity index (χ1) is 16.7. The molecular weight excluding hydrogens is 422 g/mol. The van der Waals surface area contributed by atoms with Gasteiger partial charge in [-0.1, -0.05) is 55.1 Å². The predicted molar refractivity (Wildman–Crippen MR) is 136 cm³/mol. The summed E-state index contributed by atoms with van der Waals surface area (Å²) >= 11 is 0. The van der Waals surface area contributed by atoms with Crippen LogP contribution in [0.25, 0.3) is 6.08 Å². The molecule has 0 radical (unpaired) electrons. The Balaban J connectivity index is 1.43. The SMILES string of the molecule is C=Cc1ccc(N(C(=O)NCc2ccccc2)C2CCC(Nc3ccc(C#N)cn3)CC2)cc1. The van der Waals surface area contributed by atoms with Crippen molar-refractivity contribution in [2.45, 2.75) is 44.3 Å². The lowest BCUT2D eigenvalue weighted by Gasteiger charge is -2.37. The van der Waals surface area contributed by atoms with Gasteiger partial charge in [-0.15, -0.1) is 0 Å². The van der Waals surface area contributed by atoms with Crippen LogP contribution in [0.4, 0.5) is 16.3 Å². The Morgan fingerprint density at radius 1 is 1.06 bits per heavy atom. The second-order valence-electron chi connectivity index (χ2n) is 8.50. The molecule has 0 spiro atoms. The van der Waals surface area contributed by atoms with Gasteiger partial charge in [0.25, 0.3) is 0 Å². The Bertz CT molecular complexity index is 1130. The monoisotopic (exact) mass is 451 g/mol. The highest BCUT2D eigenvalue weighted by molar-refractivity contribution is 5.92. The molecule has 1 aromatic heterocycles. The normalized spacial score (nSPS) is 17.3. The number of pyridine rings is 1. The molecule has 0 bridgehead atoms. The highest BCUT2D eigenvalue weighted by Gasteiger charge is 2.30. The summed E-state index contributed by atoms with van der Waals surface area (Å²) in [6.07, 6.45) is 7.02. The minimum atomic E-state index is -0.0830. The van der Waals surface area contributed by atoms with Gasteiger partial charge in [-0.25, -0.2) is 9.78 Å². The maximum absolute atomic E-state index is 13.3. The van der Waals surface area contributed by atoms with Gasteiger partial charge in [-0.05, 0) is 61.1 Å². The van der Waals surface area contributed by atoms with E-state index >= 15 is 0 Å². The van der Waals surface area contributed by atoms with Gasteiger partial charge < -0.3 is 10.6 Å². The number of rotatable bonds is 7. The molecule has 6 nitrogen and oxygen atoms in total. The van der Waals surface area contributed by atoms with E-state index in [0.717, 1.165) is 48.3 Å². The summed E-state index contributed by atoms with van der Waals surface area (Å²) in [4.78, 5) is 19.6. The number of amides is 2. The molecule has 0 aliphatic heterocycles. The third-order valence-electron chi connectivity index (χ3n) is 6.22. The van der Waals surface area contributed by atoms with Crippen LogP contribution < -0.4 is 15.5 Å². The van der Waals surface area contributed by atoms with Crippen LogP contribution in [0.3, 0.4) is 0 Å². The summed E-state index contributed by atoms with van der Waals surface area (Å²) in [5.41, 5.74) is 3.53. The molecule has 2 N–H and O–H groups in total. The van der Waals surface area contributed by atoms with Crippen molar-refractivity contribution >= 4 is 23.6 Å². The topological polar surface area (TPSA) is 81.0 Å². The molecule has 4 rings (SSSR count). The second kappa shape index (κ2) is 11.2. The lowest BCUT2D eigenvalue weighted by molar-refractivity contribution is 0.240. The quantitative estimate of drug-likeness (QED) is 0.480. The summed E-state index contributed by atoms with van der Waals surface area (Å²) < 4.78 is 0. The molecule has 1 heterocycles. The fourth-order valence-corrected chi connectivity index (χ4v) is 4.36. The predicted octanol–water partition coefficient (Wildman–Crippen LogP) is 5.74. The Morgan fingerprint density at radius 3 is 2.41 bits per heavy atom. The summed E-state index contributed by atoms with van der Waals surface area (Å²) in [6, 6.07) is 23.9. The number of hydrogen-bond acceptors (Lipinski definition) is 4.